The summed E-state index contributed by atoms with van der Waals surface area (Å²) in [5, 5.41) is 155. The highest BCUT2D eigenvalue weighted by Crippen LogP contribution is 2.76. The Labute approximate surface area is 439 Å². The van der Waals surface area contributed by atoms with Crippen molar-refractivity contribution in [2.24, 2.45) is 45.3 Å². The number of hydrogen-bond acceptors (Lipinski definition) is 22. The van der Waals surface area contributed by atoms with Crippen LogP contribution in [0.1, 0.15) is 114 Å². The van der Waals surface area contributed by atoms with Crippen molar-refractivity contribution in [2.45, 2.75) is 254 Å². The van der Waals surface area contributed by atoms with Crippen molar-refractivity contribution in [3.8, 4) is 0 Å². The maximum Gasteiger partial charge on any atom is 0.187 e. The molecular formula is C53H90O22. The maximum absolute atomic E-state index is 12.9. The molecule has 14 N–H and O–H groups in total. The Kier molecular flexibility index (Phi) is 17.8. The fraction of sp³-hybridized carbons (Fsp3) is 0.962. The molecule has 0 radical (unpaired) electrons. The predicted octanol–water partition coefficient (Wildman–Crippen LogP) is -1.57. The number of ether oxygens (including phenoxy) is 8. The second kappa shape index (κ2) is 22.3. The molecule has 8 fully saturated rings. The van der Waals surface area contributed by atoms with Gasteiger partial charge in [0.25, 0.3) is 0 Å². The van der Waals surface area contributed by atoms with Crippen LogP contribution in [0.15, 0.2) is 11.6 Å². The molecule has 4 heterocycles. The normalized spacial score (nSPS) is 53.7. The van der Waals surface area contributed by atoms with Crippen molar-refractivity contribution in [3.05, 3.63) is 11.6 Å². The fourth-order valence-corrected chi connectivity index (χ4v) is 16.0. The summed E-state index contributed by atoms with van der Waals surface area (Å²) in [6.07, 6.45) is -25.7. The number of rotatable bonds is 14. The topological polar surface area (TPSA) is 357 Å². The lowest BCUT2D eigenvalue weighted by molar-refractivity contribution is -0.382. The van der Waals surface area contributed by atoms with Crippen LogP contribution in [0.25, 0.3) is 0 Å². The molecule has 22 nitrogen and oxygen atoms in total. The number of fused-ring (bicyclic) bond motifs is 5. The summed E-state index contributed by atoms with van der Waals surface area (Å²) in [7, 11) is 0. The van der Waals surface area contributed by atoms with Crippen molar-refractivity contribution in [2.75, 3.05) is 19.8 Å². The predicted molar refractivity (Wildman–Crippen MR) is 260 cm³/mol. The van der Waals surface area contributed by atoms with E-state index in [4.69, 9.17) is 37.9 Å². The Morgan fingerprint density at radius 1 is 0.653 bits per heavy atom. The van der Waals surface area contributed by atoms with Crippen LogP contribution >= 0.6 is 0 Å². The second-order valence-electron chi connectivity index (χ2n) is 25.4. The molecule has 8 aliphatic rings. The minimum absolute atomic E-state index is 0.136. The van der Waals surface area contributed by atoms with Crippen LogP contribution in [0.5, 0.6) is 0 Å². The van der Waals surface area contributed by atoms with Crippen molar-refractivity contribution in [1.29, 1.82) is 0 Å². The third-order valence-electron chi connectivity index (χ3n) is 20.4. The molecule has 30 atom stereocenters. The number of hydrogen-bond donors (Lipinski definition) is 14. The van der Waals surface area contributed by atoms with Gasteiger partial charge in [0.05, 0.1) is 49.8 Å². The summed E-state index contributed by atoms with van der Waals surface area (Å²) in [5.74, 6) is -1.37. The van der Waals surface area contributed by atoms with Crippen LogP contribution in [0.2, 0.25) is 0 Å². The largest absolute Gasteiger partial charge is 0.394 e. The first kappa shape index (κ1) is 60.0. The smallest absolute Gasteiger partial charge is 0.187 e. The molecule has 0 amide bonds. The minimum Gasteiger partial charge on any atom is -0.394 e. The average Bonchev–Trinajstić information content (AvgIpc) is 3.75. The summed E-state index contributed by atoms with van der Waals surface area (Å²) < 4.78 is 49.7. The van der Waals surface area contributed by atoms with Crippen LogP contribution < -0.4 is 0 Å². The summed E-state index contributed by atoms with van der Waals surface area (Å²) in [6.45, 7) is 16.4. The van der Waals surface area contributed by atoms with Gasteiger partial charge in [0.2, 0.25) is 0 Å². The Morgan fingerprint density at radius 3 is 1.95 bits per heavy atom. The quantitative estimate of drug-likeness (QED) is 0.0691. The van der Waals surface area contributed by atoms with Crippen molar-refractivity contribution < 1.29 is 109 Å². The van der Waals surface area contributed by atoms with E-state index in [0.717, 1.165) is 5.57 Å². The zero-order valence-electron chi connectivity index (χ0n) is 44.9. The van der Waals surface area contributed by atoms with E-state index in [1.54, 1.807) is 0 Å². The Morgan fingerprint density at radius 2 is 1.28 bits per heavy atom. The van der Waals surface area contributed by atoms with Gasteiger partial charge >= 0.3 is 0 Å². The van der Waals surface area contributed by atoms with Gasteiger partial charge in [0.15, 0.2) is 25.2 Å². The van der Waals surface area contributed by atoms with E-state index in [9.17, 15) is 71.5 Å². The van der Waals surface area contributed by atoms with Gasteiger partial charge in [-0.2, -0.15) is 0 Å². The van der Waals surface area contributed by atoms with E-state index in [0.29, 0.717) is 51.4 Å². The Balaban J connectivity index is 1.12. The van der Waals surface area contributed by atoms with Crippen molar-refractivity contribution in [1.82, 2.24) is 0 Å². The van der Waals surface area contributed by atoms with Crippen LogP contribution in [-0.4, -0.2) is 232 Å². The number of allylic oxidation sites excluding steroid dienone is 2. The van der Waals surface area contributed by atoms with Crippen LogP contribution in [-0.2, 0) is 37.9 Å². The van der Waals surface area contributed by atoms with Crippen LogP contribution in [0, 0.1) is 45.3 Å². The molecule has 0 aromatic carbocycles. The van der Waals surface area contributed by atoms with Gasteiger partial charge in [-0.05, 0) is 124 Å². The average molecular weight is 1080 g/mol. The van der Waals surface area contributed by atoms with Gasteiger partial charge < -0.3 is 109 Å². The van der Waals surface area contributed by atoms with Gasteiger partial charge in [0.1, 0.15) is 85.5 Å². The van der Waals surface area contributed by atoms with Gasteiger partial charge in [0, 0.05) is 0 Å². The molecule has 4 saturated carbocycles. The molecule has 0 unspecified atom stereocenters. The number of aliphatic hydroxyl groups is 14. The third kappa shape index (κ3) is 10.5. The van der Waals surface area contributed by atoms with E-state index in [-0.39, 0.29) is 18.4 Å². The zero-order chi connectivity index (χ0) is 55.2. The van der Waals surface area contributed by atoms with Gasteiger partial charge in [-0.25, -0.2) is 0 Å². The molecule has 434 valence electrons. The van der Waals surface area contributed by atoms with E-state index < -0.39 is 187 Å². The lowest BCUT2D eigenvalue weighted by atomic mass is 9.34. The molecule has 4 saturated heterocycles. The molecule has 0 spiro atoms. The van der Waals surface area contributed by atoms with Crippen molar-refractivity contribution in [3.63, 3.8) is 0 Å². The summed E-state index contributed by atoms with van der Waals surface area (Å²) in [6, 6.07) is 0. The lowest BCUT2D eigenvalue weighted by Crippen LogP contribution is -2.71. The molecule has 0 aromatic heterocycles. The standard InChI is InChI=1S/C53H90O22/c1-22(2)11-10-14-53(9,75-47-42(67)38(63)36(61)29(73-47)21-69-45-40(65)34(59)26(56)20-68-45)24-12-16-51(7)32(24)25(55)17-30-50(6)15-13-31(57)49(4,5)44(50)27(18-52(30,51)8)71-48-43(39(64)35(60)28(19-54)72-48)74-46-41(66)37(62)33(58)23(3)70-46/h11,23-48,54-67H,10,12-21H2,1-9H3/t23-,24-,25+,26+,27-,28+,29+,30+,31-,32-,33-,34-,35+,36+,37+,38-,39-,40+,41+,42+,43+,44-,45-,46-,47-,48+,50+,51+,52+,53-/m0/s1. The van der Waals surface area contributed by atoms with Crippen LogP contribution in [0.4, 0.5) is 0 Å². The summed E-state index contributed by atoms with van der Waals surface area (Å²) in [5.41, 5.74) is -2.78. The van der Waals surface area contributed by atoms with Gasteiger partial charge in [-0.3, -0.25) is 0 Å². The van der Waals surface area contributed by atoms with E-state index in [2.05, 4.69) is 26.8 Å². The first-order valence-electron chi connectivity index (χ1n) is 27.2. The van der Waals surface area contributed by atoms with E-state index in [1.165, 1.54) is 6.92 Å². The van der Waals surface area contributed by atoms with Crippen LogP contribution in [0.3, 0.4) is 0 Å². The molecule has 22 heteroatoms. The second-order valence-corrected chi connectivity index (χ2v) is 25.4. The molecule has 8 rings (SSSR count). The highest BCUT2D eigenvalue weighted by Gasteiger charge is 2.74. The molecule has 0 bridgehead atoms. The maximum atomic E-state index is 12.9. The van der Waals surface area contributed by atoms with Gasteiger partial charge in [-0.1, -0.05) is 46.3 Å². The Hall–Kier alpha value is -1.14. The fourth-order valence-electron chi connectivity index (χ4n) is 16.0. The van der Waals surface area contributed by atoms with E-state index in [1.807, 2.05) is 34.6 Å². The monoisotopic (exact) mass is 1080 g/mol. The minimum atomic E-state index is -1.77. The zero-order valence-corrected chi connectivity index (χ0v) is 44.9. The SMILES string of the molecule is CC(C)=CCC[C@](C)(O[C@@H]1O[C@H](CO[C@@H]2OC[C@@H](O)[C@H](O)[C@H]2O)[C@@H](O)[C@H](O)[C@H]1O)[C@H]1CC[C@]2(C)[C@@H]1[C@H](O)C[C@@H]1[C@@]3(C)CC[C@H](O)C(C)(C)[C@@H]3[C@@H](O[C@@H]3O[C@H](CO)[C@@H](O)[C@H](O)[C@H]3O[C@@H]3O[C@@H](C)[C@H](O)[C@@H](O)[C@H]3O)C[C@]12C. The molecular weight excluding hydrogens is 989 g/mol. The first-order valence-corrected chi connectivity index (χ1v) is 27.2. The molecule has 75 heavy (non-hydrogen) atoms. The highest BCUT2D eigenvalue weighted by atomic mass is 16.8. The first-order chi connectivity index (χ1) is 35.0. The number of aliphatic hydroxyl groups excluding tert-OH is 14. The summed E-state index contributed by atoms with van der Waals surface area (Å²) >= 11 is 0. The van der Waals surface area contributed by atoms with Crippen molar-refractivity contribution >= 4 is 0 Å². The lowest BCUT2D eigenvalue weighted by Gasteiger charge is -2.72. The van der Waals surface area contributed by atoms with Gasteiger partial charge in [-0.15, -0.1) is 0 Å². The highest BCUT2D eigenvalue weighted by molar-refractivity contribution is 5.22. The molecule has 0 aromatic rings. The molecule has 4 aliphatic heterocycles. The summed E-state index contributed by atoms with van der Waals surface area (Å²) in [4.78, 5) is 0. The Bertz CT molecular complexity index is 1960. The molecule has 4 aliphatic carbocycles. The van der Waals surface area contributed by atoms with E-state index >= 15 is 0 Å². The third-order valence-corrected chi connectivity index (χ3v) is 20.4.